The molecule has 0 fully saturated rings. The highest BCUT2D eigenvalue weighted by Crippen LogP contribution is 2.25. The number of carbonyl (C=O) groups is 1. The Kier molecular flexibility index (Phi) is 3.31. The molecule has 1 unspecified atom stereocenters. The van der Waals surface area contributed by atoms with E-state index in [0.29, 0.717) is 0 Å². The second kappa shape index (κ2) is 4.31. The molecular weight excluding hydrogens is 216 g/mol. The van der Waals surface area contributed by atoms with Gasteiger partial charge in [0.25, 0.3) is 0 Å². The molecule has 0 saturated carbocycles. The summed E-state index contributed by atoms with van der Waals surface area (Å²) in [5.74, 6) is -1.27. The largest absolute Gasteiger partial charge is 0.363 e. The highest BCUT2D eigenvalue weighted by molar-refractivity contribution is 7.80. The van der Waals surface area contributed by atoms with Gasteiger partial charge in [-0.1, -0.05) is 30.3 Å². The van der Waals surface area contributed by atoms with Gasteiger partial charge >= 0.3 is 11.4 Å². The van der Waals surface area contributed by atoms with Crippen LogP contribution in [0.5, 0.6) is 0 Å². The average molecular weight is 226 g/mol. The summed E-state index contributed by atoms with van der Waals surface area (Å²) in [6, 6.07) is 7.90. The summed E-state index contributed by atoms with van der Waals surface area (Å²) in [4.78, 5) is 21.5. The lowest BCUT2D eigenvalue weighted by molar-refractivity contribution is -0.554. The van der Waals surface area contributed by atoms with Crippen molar-refractivity contribution in [3.63, 3.8) is 0 Å². The van der Waals surface area contributed by atoms with Crippen molar-refractivity contribution in [1.29, 1.82) is 0 Å². The van der Waals surface area contributed by atoms with E-state index in [2.05, 4.69) is 12.6 Å². The van der Waals surface area contributed by atoms with E-state index in [-0.39, 0.29) is 11.3 Å². The summed E-state index contributed by atoms with van der Waals surface area (Å²) >= 11 is 3.85. The van der Waals surface area contributed by atoms with Gasteiger partial charge in [0, 0.05) is 10.5 Å². The monoisotopic (exact) mass is 226 g/mol. The topological polar surface area (TPSA) is 86.2 Å². The van der Waals surface area contributed by atoms with Crippen molar-refractivity contribution in [2.75, 3.05) is 5.75 Å². The molecule has 1 aromatic rings. The van der Waals surface area contributed by atoms with Crippen molar-refractivity contribution < 1.29 is 9.72 Å². The number of primary amides is 1. The number of nitro groups is 1. The minimum Gasteiger partial charge on any atom is -0.363 e. The van der Waals surface area contributed by atoms with Crippen LogP contribution in [0.3, 0.4) is 0 Å². The molecule has 0 saturated heterocycles. The van der Waals surface area contributed by atoms with Crippen molar-refractivity contribution in [3.05, 3.63) is 46.0 Å². The van der Waals surface area contributed by atoms with E-state index < -0.39 is 16.4 Å². The maximum atomic E-state index is 11.2. The molecule has 5 nitrogen and oxygen atoms in total. The van der Waals surface area contributed by atoms with Crippen LogP contribution in [0.2, 0.25) is 0 Å². The maximum absolute atomic E-state index is 11.2. The molecule has 0 spiro atoms. The summed E-state index contributed by atoms with van der Waals surface area (Å²) in [7, 11) is 0. The first kappa shape index (κ1) is 11.5. The number of nitrogens with zero attached hydrogens (tertiary/aromatic N) is 1. The van der Waals surface area contributed by atoms with Crippen LogP contribution in [0.1, 0.15) is 5.56 Å². The number of rotatable bonds is 4. The Labute approximate surface area is 91.8 Å². The second-order valence-corrected chi connectivity index (χ2v) is 3.32. The first-order chi connectivity index (χ1) is 7.05. The molecule has 0 aliphatic carbocycles. The average Bonchev–Trinajstić information content (AvgIpc) is 2.20. The quantitative estimate of drug-likeness (QED) is 0.447. The molecule has 0 aliphatic rings. The first-order valence-corrected chi connectivity index (χ1v) is 4.79. The third kappa shape index (κ3) is 1.80. The number of nitrogens with two attached hydrogens (primary N) is 1. The zero-order chi connectivity index (χ0) is 11.5. The SMILES string of the molecule is NC(=O)C(CS)(c1ccccc1)[N+](=O)[O-]. The Morgan fingerprint density at radius 3 is 2.33 bits per heavy atom. The molecule has 0 heterocycles. The van der Waals surface area contributed by atoms with Crippen LogP contribution < -0.4 is 5.73 Å². The van der Waals surface area contributed by atoms with E-state index in [1.165, 1.54) is 12.1 Å². The van der Waals surface area contributed by atoms with Gasteiger partial charge in [-0.25, -0.2) is 0 Å². The van der Waals surface area contributed by atoms with Gasteiger partial charge in [-0.3, -0.25) is 14.9 Å². The van der Waals surface area contributed by atoms with Gasteiger partial charge in [-0.05, 0) is 0 Å². The Morgan fingerprint density at radius 1 is 1.47 bits per heavy atom. The van der Waals surface area contributed by atoms with Gasteiger partial charge in [0.05, 0.1) is 5.75 Å². The Balaban J connectivity index is 3.35. The lowest BCUT2D eigenvalue weighted by Gasteiger charge is -2.19. The fourth-order valence-electron chi connectivity index (χ4n) is 1.28. The summed E-state index contributed by atoms with van der Waals surface area (Å²) in [5, 5.41) is 11.0. The molecule has 1 atom stereocenters. The van der Waals surface area contributed by atoms with Gasteiger partial charge in [-0.15, -0.1) is 0 Å². The molecule has 0 aliphatic heterocycles. The van der Waals surface area contributed by atoms with E-state index in [1.54, 1.807) is 18.2 Å². The number of hydrogen-bond acceptors (Lipinski definition) is 4. The maximum Gasteiger partial charge on any atom is 0.331 e. The summed E-state index contributed by atoms with van der Waals surface area (Å²) in [6.07, 6.45) is 0. The van der Waals surface area contributed by atoms with E-state index in [4.69, 9.17) is 5.73 Å². The standard InChI is InChI=1S/C9H10N2O3S/c10-8(12)9(6-15,11(13)14)7-4-2-1-3-5-7/h1-5,15H,6H2,(H2,10,12). The Bertz CT molecular complexity index is 366. The van der Waals surface area contributed by atoms with Crippen molar-refractivity contribution in [2.45, 2.75) is 5.54 Å². The predicted molar refractivity (Wildman–Crippen MR) is 58.2 cm³/mol. The lowest BCUT2D eigenvalue weighted by Crippen LogP contribution is -2.49. The van der Waals surface area contributed by atoms with Crippen LogP contribution in [0.25, 0.3) is 0 Å². The zero-order valence-corrected chi connectivity index (χ0v) is 8.68. The van der Waals surface area contributed by atoms with Gasteiger partial charge in [0.2, 0.25) is 0 Å². The number of thiol groups is 1. The molecule has 1 rings (SSSR count). The first-order valence-electron chi connectivity index (χ1n) is 4.16. The van der Waals surface area contributed by atoms with E-state index in [1.807, 2.05) is 0 Å². The Morgan fingerprint density at radius 2 is 2.00 bits per heavy atom. The van der Waals surface area contributed by atoms with Crippen LogP contribution in [-0.2, 0) is 10.3 Å². The van der Waals surface area contributed by atoms with Gasteiger partial charge in [0.15, 0.2) is 0 Å². The molecular formula is C9H10N2O3S. The highest BCUT2D eigenvalue weighted by atomic mass is 32.1. The molecule has 0 radical (unpaired) electrons. The lowest BCUT2D eigenvalue weighted by atomic mass is 9.92. The number of amides is 1. The van der Waals surface area contributed by atoms with E-state index in [9.17, 15) is 14.9 Å². The predicted octanol–water partition coefficient (Wildman–Crippen LogP) is 0.574. The van der Waals surface area contributed by atoms with Crippen LogP contribution in [-0.4, -0.2) is 16.6 Å². The minimum absolute atomic E-state index is 0.248. The van der Waals surface area contributed by atoms with Crippen LogP contribution in [0.4, 0.5) is 0 Å². The Hall–Kier alpha value is -1.56. The smallest absolute Gasteiger partial charge is 0.331 e. The van der Waals surface area contributed by atoms with Crippen molar-refractivity contribution >= 4 is 18.5 Å². The highest BCUT2D eigenvalue weighted by Gasteiger charge is 2.50. The number of hydrogen-bond donors (Lipinski definition) is 2. The van der Waals surface area contributed by atoms with E-state index >= 15 is 0 Å². The molecule has 0 aromatic heterocycles. The molecule has 6 heteroatoms. The third-order valence-electron chi connectivity index (χ3n) is 2.20. The van der Waals surface area contributed by atoms with Crippen molar-refractivity contribution in [3.8, 4) is 0 Å². The summed E-state index contributed by atoms with van der Waals surface area (Å²) in [6.45, 7) is 0. The number of carbonyl (C=O) groups excluding carboxylic acids is 1. The minimum atomic E-state index is -1.94. The van der Waals surface area contributed by atoms with Gasteiger partial charge in [0.1, 0.15) is 0 Å². The van der Waals surface area contributed by atoms with Crippen LogP contribution in [0.15, 0.2) is 30.3 Å². The van der Waals surface area contributed by atoms with Crippen molar-refractivity contribution in [2.24, 2.45) is 5.73 Å². The molecule has 2 N–H and O–H groups in total. The normalized spacial score (nSPS) is 14.2. The van der Waals surface area contributed by atoms with Gasteiger partial charge in [-0.2, -0.15) is 12.6 Å². The summed E-state index contributed by atoms with van der Waals surface area (Å²) in [5.41, 5.74) is 3.39. The van der Waals surface area contributed by atoms with Gasteiger partial charge < -0.3 is 5.73 Å². The molecule has 0 bridgehead atoms. The third-order valence-corrected chi connectivity index (χ3v) is 2.66. The number of benzene rings is 1. The molecule has 15 heavy (non-hydrogen) atoms. The fourth-order valence-corrected chi connectivity index (χ4v) is 1.73. The molecule has 1 aromatic carbocycles. The van der Waals surface area contributed by atoms with E-state index in [0.717, 1.165) is 0 Å². The van der Waals surface area contributed by atoms with Crippen molar-refractivity contribution in [1.82, 2.24) is 0 Å². The van der Waals surface area contributed by atoms with Crippen LogP contribution in [0, 0.1) is 10.1 Å². The van der Waals surface area contributed by atoms with Crippen LogP contribution >= 0.6 is 12.6 Å². The zero-order valence-electron chi connectivity index (χ0n) is 7.79. The summed E-state index contributed by atoms with van der Waals surface area (Å²) < 4.78 is 0. The molecule has 1 amide bonds. The molecule has 80 valence electrons. The second-order valence-electron chi connectivity index (χ2n) is 3.01. The fraction of sp³-hybridized carbons (Fsp3) is 0.222.